The van der Waals surface area contributed by atoms with Crippen LogP contribution < -0.4 is 15.0 Å². The number of para-hydroxylation sites is 1. The quantitative estimate of drug-likeness (QED) is 0.684. The van der Waals surface area contributed by atoms with E-state index in [1.807, 2.05) is 0 Å². The Labute approximate surface area is 164 Å². The Morgan fingerprint density at radius 3 is 2.75 bits per heavy atom. The molecule has 9 heteroatoms. The first-order chi connectivity index (χ1) is 13.3. The number of nitrogens with zero attached hydrogens (tertiary/aromatic N) is 1. The van der Waals surface area contributed by atoms with Crippen LogP contribution in [0.2, 0.25) is 0 Å². The highest BCUT2D eigenvalue weighted by Crippen LogP contribution is 2.42. The zero-order chi connectivity index (χ0) is 20.5. The molecular formula is C19H19F3N2O3S. The number of hydrogen-bond acceptors (Lipinski definition) is 4. The number of phenolic OH excluding ortho intramolecular Hbond substituents is 1. The van der Waals surface area contributed by atoms with Crippen LogP contribution in [-0.4, -0.2) is 30.5 Å². The second kappa shape index (κ2) is 7.83. The predicted molar refractivity (Wildman–Crippen MR) is 103 cm³/mol. The fourth-order valence-corrected chi connectivity index (χ4v) is 3.77. The number of phenols is 1. The van der Waals surface area contributed by atoms with Crippen LogP contribution in [-0.2, 0) is 12.6 Å². The van der Waals surface area contributed by atoms with Gasteiger partial charge >= 0.3 is 12.2 Å². The molecule has 0 aliphatic carbocycles. The van der Waals surface area contributed by atoms with Crippen LogP contribution in [0.3, 0.4) is 0 Å². The van der Waals surface area contributed by atoms with Crippen LogP contribution in [0.25, 0.3) is 0 Å². The summed E-state index contributed by atoms with van der Waals surface area (Å²) in [6.45, 7) is 2.27. The van der Waals surface area contributed by atoms with E-state index >= 15 is 0 Å². The van der Waals surface area contributed by atoms with E-state index in [4.69, 9.17) is 4.74 Å². The summed E-state index contributed by atoms with van der Waals surface area (Å²) in [6.07, 6.45) is -2.45. The summed E-state index contributed by atoms with van der Waals surface area (Å²) in [4.78, 5) is 14.2. The Kier molecular flexibility index (Phi) is 5.64. The van der Waals surface area contributed by atoms with Crippen molar-refractivity contribution in [3.63, 3.8) is 0 Å². The van der Waals surface area contributed by atoms with Gasteiger partial charge in [0.25, 0.3) is 0 Å². The van der Waals surface area contributed by atoms with Gasteiger partial charge in [-0.1, -0.05) is 6.07 Å². The Bertz CT molecular complexity index is 903. The molecule has 2 aromatic carbocycles. The average molecular weight is 412 g/mol. The number of urea groups is 1. The van der Waals surface area contributed by atoms with Crippen molar-refractivity contribution in [3.8, 4) is 11.5 Å². The minimum absolute atomic E-state index is 0.117. The van der Waals surface area contributed by atoms with E-state index < -0.39 is 17.8 Å². The molecule has 5 nitrogen and oxygen atoms in total. The lowest BCUT2D eigenvalue weighted by Gasteiger charge is -2.21. The number of thioether (sulfide) groups is 1. The number of ether oxygens (including phenoxy) is 1. The molecule has 0 spiro atoms. The van der Waals surface area contributed by atoms with Gasteiger partial charge in [0.1, 0.15) is 0 Å². The van der Waals surface area contributed by atoms with Crippen molar-refractivity contribution in [2.45, 2.75) is 24.4 Å². The van der Waals surface area contributed by atoms with E-state index in [-0.39, 0.29) is 40.9 Å². The van der Waals surface area contributed by atoms with E-state index in [1.54, 1.807) is 19.2 Å². The first kappa shape index (κ1) is 20.2. The number of nitrogens with one attached hydrogen (secondary N) is 1. The van der Waals surface area contributed by atoms with Gasteiger partial charge in [0, 0.05) is 17.1 Å². The molecule has 1 aliphatic rings. The van der Waals surface area contributed by atoms with E-state index in [0.717, 1.165) is 17.8 Å². The minimum atomic E-state index is -4.51. The topological polar surface area (TPSA) is 61.8 Å². The number of carbonyl (C=O) groups excluding carboxylic acids is 1. The first-order valence-corrected chi connectivity index (χ1v) is 9.80. The van der Waals surface area contributed by atoms with Crippen LogP contribution >= 0.6 is 11.8 Å². The fourth-order valence-electron chi connectivity index (χ4n) is 3.12. The highest BCUT2D eigenvalue weighted by molar-refractivity contribution is 7.98. The van der Waals surface area contributed by atoms with E-state index in [9.17, 15) is 23.1 Å². The van der Waals surface area contributed by atoms with Gasteiger partial charge in [-0.25, -0.2) is 4.79 Å². The molecule has 2 N–H and O–H groups in total. The van der Waals surface area contributed by atoms with Crippen LogP contribution in [0.1, 0.15) is 18.1 Å². The molecule has 3 rings (SSSR count). The molecule has 0 fully saturated rings. The Morgan fingerprint density at radius 1 is 1.36 bits per heavy atom. The first-order valence-electron chi connectivity index (χ1n) is 8.57. The summed E-state index contributed by atoms with van der Waals surface area (Å²) < 4.78 is 45.5. The van der Waals surface area contributed by atoms with Crippen molar-refractivity contribution in [2.75, 3.05) is 29.6 Å². The fraction of sp³-hybridized carbons (Fsp3) is 0.316. The lowest BCUT2D eigenvalue weighted by molar-refractivity contribution is -0.139. The maximum Gasteiger partial charge on any atom is 0.417 e. The van der Waals surface area contributed by atoms with Crippen LogP contribution in [0, 0.1) is 0 Å². The summed E-state index contributed by atoms with van der Waals surface area (Å²) in [5, 5.41) is 12.5. The van der Waals surface area contributed by atoms with E-state index in [1.165, 1.54) is 23.1 Å². The molecule has 0 unspecified atom stereocenters. The Hall–Kier alpha value is -2.55. The molecule has 0 radical (unpaired) electrons. The number of anilines is 2. The van der Waals surface area contributed by atoms with Gasteiger partial charge in [0.2, 0.25) is 0 Å². The van der Waals surface area contributed by atoms with Crippen molar-refractivity contribution in [2.24, 2.45) is 0 Å². The molecule has 28 heavy (non-hydrogen) atoms. The SMILES string of the molecule is CCOc1c(O)cccc1NC(=O)N1CCc2cc(SC)c(C(F)(F)F)cc21. The van der Waals surface area contributed by atoms with E-state index in [0.29, 0.717) is 12.0 Å². The van der Waals surface area contributed by atoms with Crippen LogP contribution in [0.4, 0.5) is 29.3 Å². The monoisotopic (exact) mass is 412 g/mol. The summed E-state index contributed by atoms with van der Waals surface area (Å²) in [6, 6.07) is 6.45. The molecule has 0 aromatic heterocycles. The molecule has 0 saturated carbocycles. The van der Waals surface area contributed by atoms with Gasteiger partial charge < -0.3 is 15.2 Å². The largest absolute Gasteiger partial charge is 0.504 e. The molecule has 2 aromatic rings. The molecule has 2 amide bonds. The number of hydrogen-bond donors (Lipinski definition) is 2. The molecular weight excluding hydrogens is 393 g/mol. The van der Waals surface area contributed by atoms with Crippen LogP contribution in [0.15, 0.2) is 35.2 Å². The highest BCUT2D eigenvalue weighted by Gasteiger charge is 2.36. The van der Waals surface area contributed by atoms with Crippen molar-refractivity contribution in [3.05, 3.63) is 41.5 Å². The van der Waals surface area contributed by atoms with Crippen molar-refractivity contribution < 1.29 is 27.8 Å². The number of carbonyl (C=O) groups is 1. The molecule has 0 bridgehead atoms. The minimum Gasteiger partial charge on any atom is -0.504 e. The molecule has 150 valence electrons. The lowest BCUT2D eigenvalue weighted by Crippen LogP contribution is -2.33. The molecule has 0 atom stereocenters. The molecule has 1 heterocycles. The van der Waals surface area contributed by atoms with Gasteiger partial charge in [0.05, 0.1) is 17.9 Å². The number of alkyl halides is 3. The third-order valence-corrected chi connectivity index (χ3v) is 5.15. The van der Waals surface area contributed by atoms with Crippen molar-refractivity contribution in [1.82, 2.24) is 0 Å². The smallest absolute Gasteiger partial charge is 0.417 e. The summed E-state index contributed by atoms with van der Waals surface area (Å²) in [7, 11) is 0. The molecule has 1 aliphatic heterocycles. The van der Waals surface area contributed by atoms with Crippen LogP contribution in [0.5, 0.6) is 11.5 Å². The number of benzene rings is 2. The number of amides is 2. The zero-order valence-corrected chi connectivity index (χ0v) is 16.1. The number of rotatable bonds is 4. The van der Waals surface area contributed by atoms with Crippen molar-refractivity contribution in [1.29, 1.82) is 0 Å². The lowest BCUT2D eigenvalue weighted by atomic mass is 10.1. The Balaban J connectivity index is 1.92. The van der Waals surface area contributed by atoms with Gasteiger partial charge in [-0.05, 0) is 49.4 Å². The standard InChI is InChI=1S/C19H19F3N2O3S/c1-3-27-17-13(5-4-6-15(17)25)23-18(26)24-8-7-11-9-16(28-2)12(10-14(11)24)19(20,21)22/h4-6,9-10,25H,3,7-8H2,1-2H3,(H,23,26). The summed E-state index contributed by atoms with van der Waals surface area (Å²) in [5.41, 5.74) is 0.414. The van der Waals surface area contributed by atoms with Gasteiger partial charge in [0.15, 0.2) is 11.5 Å². The maximum absolute atomic E-state index is 13.4. The average Bonchev–Trinajstić information content (AvgIpc) is 3.06. The van der Waals surface area contributed by atoms with Gasteiger partial charge in [-0.3, -0.25) is 4.90 Å². The second-order valence-electron chi connectivity index (χ2n) is 6.10. The summed E-state index contributed by atoms with van der Waals surface area (Å²) >= 11 is 1.03. The third kappa shape index (κ3) is 3.84. The van der Waals surface area contributed by atoms with Gasteiger partial charge in [-0.2, -0.15) is 13.2 Å². The van der Waals surface area contributed by atoms with E-state index in [2.05, 4.69) is 5.32 Å². The normalized spacial score (nSPS) is 13.4. The number of fused-ring (bicyclic) bond motifs is 1. The van der Waals surface area contributed by atoms with Crippen molar-refractivity contribution >= 4 is 29.2 Å². The Morgan fingerprint density at radius 2 is 2.11 bits per heavy atom. The highest BCUT2D eigenvalue weighted by atomic mass is 32.2. The predicted octanol–water partition coefficient (Wildman–Crippen LogP) is 5.13. The third-order valence-electron chi connectivity index (χ3n) is 4.37. The number of aromatic hydroxyl groups is 1. The second-order valence-corrected chi connectivity index (χ2v) is 6.95. The maximum atomic E-state index is 13.4. The van der Waals surface area contributed by atoms with Gasteiger partial charge in [-0.15, -0.1) is 11.8 Å². The number of halogens is 3. The summed E-state index contributed by atoms with van der Waals surface area (Å²) in [5.74, 6) is -0.0167. The molecule has 0 saturated heterocycles. The zero-order valence-electron chi connectivity index (χ0n) is 15.3.